The van der Waals surface area contributed by atoms with Gasteiger partial charge in [0.15, 0.2) is 11.5 Å². The van der Waals surface area contributed by atoms with Crippen LogP contribution in [0.2, 0.25) is 0 Å². The molecule has 4 heteroatoms. The van der Waals surface area contributed by atoms with Gasteiger partial charge in [-0.3, -0.25) is 4.79 Å². The van der Waals surface area contributed by atoms with Gasteiger partial charge >= 0.3 is 0 Å². The van der Waals surface area contributed by atoms with Gasteiger partial charge in [0.1, 0.15) is 6.61 Å². The first-order valence-corrected chi connectivity index (χ1v) is 7.66. The number of amides is 1. The van der Waals surface area contributed by atoms with E-state index in [9.17, 15) is 4.79 Å². The van der Waals surface area contributed by atoms with Crippen LogP contribution in [0.25, 0.3) is 11.6 Å². The highest BCUT2D eigenvalue weighted by Crippen LogP contribution is 2.37. The van der Waals surface area contributed by atoms with Crippen LogP contribution in [-0.4, -0.2) is 26.7 Å². The second-order valence-corrected chi connectivity index (χ2v) is 5.45. The number of rotatable bonds is 5. The summed E-state index contributed by atoms with van der Waals surface area (Å²) in [5.41, 5.74) is 3.42. The lowest BCUT2D eigenvalue weighted by Crippen LogP contribution is -2.20. The van der Waals surface area contributed by atoms with E-state index in [1.54, 1.807) is 25.1 Å². The normalized spacial score (nSPS) is 14.7. The van der Waals surface area contributed by atoms with Crippen molar-refractivity contribution in [2.75, 3.05) is 25.7 Å². The Bertz CT molecular complexity index is 823. The minimum Gasteiger partial charge on any atom is -0.493 e. The first kappa shape index (κ1) is 15.9. The average molecular weight is 321 g/mol. The first-order chi connectivity index (χ1) is 11.7. The quantitative estimate of drug-likeness (QED) is 0.621. The molecule has 0 saturated carbocycles. The molecule has 2 aromatic carbocycles. The number of benzene rings is 2. The summed E-state index contributed by atoms with van der Waals surface area (Å²) in [5.74, 6) is 1.26. The molecule has 0 unspecified atom stereocenters. The van der Waals surface area contributed by atoms with Crippen LogP contribution in [0.4, 0.5) is 5.69 Å². The largest absolute Gasteiger partial charge is 0.493 e. The zero-order valence-corrected chi connectivity index (χ0v) is 13.8. The molecule has 1 amide bonds. The van der Waals surface area contributed by atoms with Crippen molar-refractivity contribution < 1.29 is 14.3 Å². The summed E-state index contributed by atoms with van der Waals surface area (Å²) < 4.78 is 10.9. The summed E-state index contributed by atoms with van der Waals surface area (Å²) in [6, 6.07) is 13.4. The van der Waals surface area contributed by atoms with E-state index in [4.69, 9.17) is 9.47 Å². The van der Waals surface area contributed by atoms with Crippen molar-refractivity contribution in [1.82, 2.24) is 0 Å². The van der Waals surface area contributed by atoms with Crippen molar-refractivity contribution >= 4 is 23.2 Å². The van der Waals surface area contributed by atoms with Gasteiger partial charge in [-0.05, 0) is 29.8 Å². The Morgan fingerprint density at radius 2 is 1.96 bits per heavy atom. The van der Waals surface area contributed by atoms with Gasteiger partial charge < -0.3 is 14.4 Å². The molecule has 1 heterocycles. The third-order valence-electron chi connectivity index (χ3n) is 3.95. The summed E-state index contributed by atoms with van der Waals surface area (Å²) in [4.78, 5) is 14.2. The molecule has 122 valence electrons. The number of hydrogen-bond acceptors (Lipinski definition) is 3. The van der Waals surface area contributed by atoms with Crippen molar-refractivity contribution in [3.63, 3.8) is 0 Å². The van der Waals surface area contributed by atoms with Crippen LogP contribution in [0.5, 0.6) is 11.5 Å². The maximum Gasteiger partial charge on any atom is 0.258 e. The number of nitrogens with zero attached hydrogens (tertiary/aromatic N) is 1. The Hall–Kier alpha value is -3.01. The minimum absolute atomic E-state index is 0.0119. The second-order valence-electron chi connectivity index (χ2n) is 5.45. The van der Waals surface area contributed by atoms with Crippen LogP contribution in [0.1, 0.15) is 11.1 Å². The van der Waals surface area contributed by atoms with E-state index in [0.717, 1.165) is 16.8 Å². The Morgan fingerprint density at radius 1 is 1.17 bits per heavy atom. The Labute approximate surface area is 141 Å². The standard InChI is InChI=1S/C20H19NO3/c1-4-11-24-18-10-9-14(13-19(18)23-3)12-16-15-7-5-6-8-17(15)21(2)20(16)22/h4-10,12-13H,1,11H2,2-3H3/b16-12+. The fourth-order valence-corrected chi connectivity index (χ4v) is 2.75. The zero-order chi connectivity index (χ0) is 17.1. The van der Waals surface area contributed by atoms with E-state index >= 15 is 0 Å². The van der Waals surface area contributed by atoms with E-state index in [1.165, 1.54) is 0 Å². The predicted octanol–water partition coefficient (Wildman–Crippen LogP) is 3.78. The molecule has 0 aromatic heterocycles. The van der Waals surface area contributed by atoms with E-state index in [-0.39, 0.29) is 5.91 Å². The molecule has 1 aliphatic rings. The average Bonchev–Trinajstić information content (AvgIpc) is 2.86. The SMILES string of the molecule is C=CCOc1ccc(/C=C2/C(=O)N(C)c3ccccc32)cc1OC. The third-order valence-corrected chi connectivity index (χ3v) is 3.95. The van der Waals surface area contributed by atoms with Gasteiger partial charge in [-0.1, -0.05) is 36.9 Å². The van der Waals surface area contributed by atoms with Gasteiger partial charge in [-0.25, -0.2) is 0 Å². The van der Waals surface area contributed by atoms with E-state index in [0.29, 0.717) is 23.7 Å². The van der Waals surface area contributed by atoms with Crippen LogP contribution >= 0.6 is 0 Å². The molecule has 0 N–H and O–H groups in total. The Morgan fingerprint density at radius 3 is 2.71 bits per heavy atom. The van der Waals surface area contributed by atoms with Crippen LogP contribution in [-0.2, 0) is 4.79 Å². The van der Waals surface area contributed by atoms with Crippen LogP contribution < -0.4 is 14.4 Å². The summed E-state index contributed by atoms with van der Waals surface area (Å²) in [5, 5.41) is 0. The number of carbonyl (C=O) groups is 1. The highest BCUT2D eigenvalue weighted by atomic mass is 16.5. The number of likely N-dealkylation sites (N-methyl/N-ethyl adjacent to an activating group) is 1. The maximum atomic E-state index is 12.5. The molecule has 0 bridgehead atoms. The first-order valence-electron chi connectivity index (χ1n) is 7.66. The van der Waals surface area contributed by atoms with Gasteiger partial charge in [-0.15, -0.1) is 0 Å². The van der Waals surface area contributed by atoms with Crippen LogP contribution in [0.3, 0.4) is 0 Å². The molecule has 4 nitrogen and oxygen atoms in total. The number of hydrogen-bond donors (Lipinski definition) is 0. The van der Waals surface area contributed by atoms with Crippen LogP contribution in [0.15, 0.2) is 55.1 Å². The number of carbonyl (C=O) groups excluding carboxylic acids is 1. The zero-order valence-electron chi connectivity index (χ0n) is 13.8. The predicted molar refractivity (Wildman–Crippen MR) is 96.4 cm³/mol. The maximum absolute atomic E-state index is 12.5. The molecule has 3 rings (SSSR count). The Balaban J connectivity index is 2.00. The van der Waals surface area contributed by atoms with Gasteiger partial charge in [0, 0.05) is 18.2 Å². The molecule has 0 spiro atoms. The third kappa shape index (κ3) is 2.78. The highest BCUT2D eigenvalue weighted by molar-refractivity contribution is 6.35. The van der Waals surface area contributed by atoms with Gasteiger partial charge in [0.05, 0.1) is 12.8 Å². The molecule has 0 saturated heterocycles. The molecule has 0 radical (unpaired) electrons. The van der Waals surface area contributed by atoms with Gasteiger partial charge in [-0.2, -0.15) is 0 Å². The second kappa shape index (κ2) is 6.62. The summed E-state index contributed by atoms with van der Waals surface area (Å²) in [7, 11) is 3.38. The molecule has 0 fully saturated rings. The fourth-order valence-electron chi connectivity index (χ4n) is 2.75. The van der Waals surface area contributed by atoms with Gasteiger partial charge in [0.2, 0.25) is 0 Å². The molecule has 1 aliphatic heterocycles. The van der Waals surface area contributed by atoms with Crippen molar-refractivity contribution in [2.24, 2.45) is 0 Å². The summed E-state index contributed by atoms with van der Waals surface area (Å²) >= 11 is 0. The summed E-state index contributed by atoms with van der Waals surface area (Å²) in [6.45, 7) is 4.05. The van der Waals surface area contributed by atoms with Crippen molar-refractivity contribution in [3.05, 3.63) is 66.2 Å². The van der Waals surface area contributed by atoms with Crippen molar-refractivity contribution in [1.29, 1.82) is 0 Å². The molecule has 24 heavy (non-hydrogen) atoms. The van der Waals surface area contributed by atoms with Crippen molar-refractivity contribution in [2.45, 2.75) is 0 Å². The molecule has 2 aromatic rings. The molecule has 0 atom stereocenters. The topological polar surface area (TPSA) is 38.8 Å². The highest BCUT2D eigenvalue weighted by Gasteiger charge is 2.29. The molecule has 0 aliphatic carbocycles. The molecular formula is C20H19NO3. The lowest BCUT2D eigenvalue weighted by Gasteiger charge is -2.10. The van der Waals surface area contributed by atoms with E-state index in [2.05, 4.69) is 6.58 Å². The van der Waals surface area contributed by atoms with E-state index < -0.39 is 0 Å². The number of ether oxygens (including phenoxy) is 2. The Kier molecular flexibility index (Phi) is 4.38. The van der Waals surface area contributed by atoms with Gasteiger partial charge in [0.25, 0.3) is 5.91 Å². The fraction of sp³-hybridized carbons (Fsp3) is 0.150. The number of fused-ring (bicyclic) bond motifs is 1. The minimum atomic E-state index is -0.0119. The smallest absolute Gasteiger partial charge is 0.258 e. The molecular weight excluding hydrogens is 302 g/mol. The van der Waals surface area contributed by atoms with E-state index in [1.807, 2.05) is 48.5 Å². The monoisotopic (exact) mass is 321 g/mol. The summed E-state index contributed by atoms with van der Waals surface area (Å²) in [6.07, 6.45) is 3.56. The van der Waals surface area contributed by atoms with Crippen LogP contribution in [0, 0.1) is 0 Å². The number of anilines is 1. The number of para-hydroxylation sites is 1. The lowest BCUT2D eigenvalue weighted by atomic mass is 10.0. The number of methoxy groups -OCH3 is 1. The van der Waals surface area contributed by atoms with Crippen molar-refractivity contribution in [3.8, 4) is 11.5 Å². The lowest BCUT2D eigenvalue weighted by molar-refractivity contribution is -0.112.